The SMILES string of the molecule is Nc1cccc(C2CC(F)C2)c1. The van der Waals surface area contributed by atoms with Crippen molar-refractivity contribution in [3.63, 3.8) is 0 Å². The molecule has 0 radical (unpaired) electrons. The van der Waals surface area contributed by atoms with Crippen LogP contribution in [0.1, 0.15) is 24.3 Å². The number of anilines is 1. The van der Waals surface area contributed by atoms with Gasteiger partial charge in [0.1, 0.15) is 6.17 Å². The van der Waals surface area contributed by atoms with Gasteiger partial charge in [0.05, 0.1) is 0 Å². The van der Waals surface area contributed by atoms with Crippen LogP contribution in [-0.4, -0.2) is 6.17 Å². The fourth-order valence-electron chi connectivity index (χ4n) is 1.63. The Bertz CT molecular complexity index is 279. The van der Waals surface area contributed by atoms with Crippen LogP contribution in [0.3, 0.4) is 0 Å². The van der Waals surface area contributed by atoms with Gasteiger partial charge in [-0.15, -0.1) is 0 Å². The van der Waals surface area contributed by atoms with E-state index in [0.717, 1.165) is 5.69 Å². The summed E-state index contributed by atoms with van der Waals surface area (Å²) in [6.07, 6.45) is 0.754. The Kier molecular flexibility index (Phi) is 1.75. The van der Waals surface area contributed by atoms with Gasteiger partial charge in [-0.2, -0.15) is 0 Å². The lowest BCUT2D eigenvalue weighted by atomic mass is 9.78. The molecular formula is C10H12FN. The molecule has 0 saturated heterocycles. The van der Waals surface area contributed by atoms with Gasteiger partial charge in [0.15, 0.2) is 0 Å². The van der Waals surface area contributed by atoms with Gasteiger partial charge in [0, 0.05) is 5.69 Å². The number of halogens is 1. The van der Waals surface area contributed by atoms with Crippen LogP contribution in [0.25, 0.3) is 0 Å². The number of nitrogens with two attached hydrogens (primary N) is 1. The fourth-order valence-corrected chi connectivity index (χ4v) is 1.63. The third kappa shape index (κ3) is 1.29. The van der Waals surface area contributed by atoms with Crippen molar-refractivity contribution in [3.8, 4) is 0 Å². The Balaban J connectivity index is 2.13. The van der Waals surface area contributed by atoms with Crippen molar-refractivity contribution in [2.24, 2.45) is 0 Å². The maximum absolute atomic E-state index is 12.5. The van der Waals surface area contributed by atoms with Crippen LogP contribution >= 0.6 is 0 Å². The van der Waals surface area contributed by atoms with Crippen LogP contribution in [0, 0.1) is 0 Å². The van der Waals surface area contributed by atoms with E-state index in [1.807, 2.05) is 24.3 Å². The second-order valence-corrected chi connectivity index (χ2v) is 3.44. The molecule has 1 aliphatic rings. The van der Waals surface area contributed by atoms with Gasteiger partial charge in [-0.1, -0.05) is 12.1 Å². The Morgan fingerprint density at radius 3 is 2.67 bits per heavy atom. The molecule has 2 N–H and O–H groups in total. The third-order valence-corrected chi connectivity index (χ3v) is 2.46. The number of hydrogen-bond acceptors (Lipinski definition) is 1. The third-order valence-electron chi connectivity index (χ3n) is 2.46. The topological polar surface area (TPSA) is 26.0 Å². The summed E-state index contributed by atoms with van der Waals surface area (Å²) >= 11 is 0. The quantitative estimate of drug-likeness (QED) is 0.635. The lowest BCUT2D eigenvalue weighted by Crippen LogP contribution is -2.22. The van der Waals surface area contributed by atoms with E-state index in [4.69, 9.17) is 5.73 Å². The van der Waals surface area contributed by atoms with Crippen molar-refractivity contribution < 1.29 is 4.39 Å². The molecule has 0 heterocycles. The summed E-state index contributed by atoms with van der Waals surface area (Å²) in [4.78, 5) is 0. The minimum absolute atomic E-state index is 0.406. The standard InChI is InChI=1S/C10H12FN/c11-9-4-8(5-9)7-2-1-3-10(12)6-7/h1-3,6,8-9H,4-5,12H2. The summed E-state index contributed by atoms with van der Waals surface area (Å²) in [6.45, 7) is 0. The lowest BCUT2D eigenvalue weighted by molar-refractivity contribution is 0.179. The van der Waals surface area contributed by atoms with E-state index < -0.39 is 6.17 Å². The molecule has 0 amide bonds. The first-order chi connectivity index (χ1) is 5.75. The number of hydrogen-bond donors (Lipinski definition) is 1. The van der Waals surface area contributed by atoms with Gasteiger partial charge >= 0.3 is 0 Å². The molecule has 0 unspecified atom stereocenters. The van der Waals surface area contributed by atoms with Crippen molar-refractivity contribution in [1.29, 1.82) is 0 Å². The summed E-state index contributed by atoms with van der Waals surface area (Å²) in [5.41, 5.74) is 7.57. The normalized spacial score (nSPS) is 28.1. The largest absolute Gasteiger partial charge is 0.399 e. The number of benzene rings is 1. The van der Waals surface area contributed by atoms with Crippen LogP contribution in [0.15, 0.2) is 24.3 Å². The lowest BCUT2D eigenvalue weighted by Gasteiger charge is -2.30. The van der Waals surface area contributed by atoms with E-state index in [2.05, 4.69) is 0 Å². The summed E-state index contributed by atoms with van der Waals surface area (Å²) in [7, 11) is 0. The summed E-state index contributed by atoms with van der Waals surface area (Å²) < 4.78 is 12.5. The molecule has 2 heteroatoms. The van der Waals surface area contributed by atoms with E-state index in [9.17, 15) is 4.39 Å². The zero-order valence-corrected chi connectivity index (χ0v) is 6.83. The Hall–Kier alpha value is -1.05. The van der Waals surface area contributed by atoms with Crippen LogP contribution in [-0.2, 0) is 0 Å². The highest BCUT2D eigenvalue weighted by atomic mass is 19.1. The monoisotopic (exact) mass is 165 g/mol. The molecule has 1 nitrogen and oxygen atoms in total. The van der Waals surface area contributed by atoms with E-state index in [-0.39, 0.29) is 0 Å². The first kappa shape index (κ1) is 7.59. The molecule has 1 aliphatic carbocycles. The second kappa shape index (κ2) is 2.77. The van der Waals surface area contributed by atoms with Crippen molar-refractivity contribution >= 4 is 5.69 Å². The molecule has 64 valence electrons. The number of rotatable bonds is 1. The van der Waals surface area contributed by atoms with E-state index >= 15 is 0 Å². The van der Waals surface area contributed by atoms with Gasteiger partial charge in [0.2, 0.25) is 0 Å². The molecule has 0 bridgehead atoms. The summed E-state index contributed by atoms with van der Waals surface area (Å²) in [6, 6.07) is 7.74. The number of alkyl halides is 1. The van der Waals surface area contributed by atoms with Crippen molar-refractivity contribution in [1.82, 2.24) is 0 Å². The zero-order valence-electron chi connectivity index (χ0n) is 6.83. The average molecular weight is 165 g/mol. The van der Waals surface area contributed by atoms with Gasteiger partial charge < -0.3 is 5.73 Å². The molecule has 0 spiro atoms. The minimum Gasteiger partial charge on any atom is -0.399 e. The fraction of sp³-hybridized carbons (Fsp3) is 0.400. The Morgan fingerprint density at radius 2 is 2.08 bits per heavy atom. The smallest absolute Gasteiger partial charge is 0.101 e. The maximum atomic E-state index is 12.5. The molecular weight excluding hydrogens is 153 g/mol. The predicted molar refractivity (Wildman–Crippen MR) is 47.7 cm³/mol. The zero-order chi connectivity index (χ0) is 8.55. The number of nitrogen functional groups attached to an aromatic ring is 1. The molecule has 1 fully saturated rings. The summed E-state index contributed by atoms with van der Waals surface area (Å²) in [5, 5.41) is 0. The molecule has 0 aromatic heterocycles. The minimum atomic E-state index is -0.587. The van der Waals surface area contributed by atoms with Crippen LogP contribution < -0.4 is 5.73 Å². The van der Waals surface area contributed by atoms with Gasteiger partial charge in [-0.25, -0.2) is 4.39 Å². The van der Waals surface area contributed by atoms with Crippen LogP contribution in [0.5, 0.6) is 0 Å². The second-order valence-electron chi connectivity index (χ2n) is 3.44. The highest BCUT2D eigenvalue weighted by Gasteiger charge is 2.29. The first-order valence-electron chi connectivity index (χ1n) is 4.25. The van der Waals surface area contributed by atoms with Crippen molar-refractivity contribution in [2.45, 2.75) is 24.9 Å². The van der Waals surface area contributed by atoms with Gasteiger partial charge in [0.25, 0.3) is 0 Å². The van der Waals surface area contributed by atoms with E-state index in [0.29, 0.717) is 18.8 Å². The molecule has 12 heavy (non-hydrogen) atoms. The average Bonchev–Trinajstić information content (AvgIpc) is 1.99. The van der Waals surface area contributed by atoms with E-state index in [1.54, 1.807) is 0 Å². The van der Waals surface area contributed by atoms with E-state index in [1.165, 1.54) is 5.56 Å². The van der Waals surface area contributed by atoms with Gasteiger partial charge in [-0.3, -0.25) is 0 Å². The molecule has 0 atom stereocenters. The summed E-state index contributed by atoms with van der Waals surface area (Å²) in [5.74, 6) is 0.406. The highest BCUT2D eigenvalue weighted by molar-refractivity contribution is 5.42. The van der Waals surface area contributed by atoms with Crippen LogP contribution in [0.4, 0.5) is 10.1 Å². The molecule has 2 rings (SSSR count). The Labute approximate surface area is 71.4 Å². The molecule has 1 saturated carbocycles. The molecule has 0 aliphatic heterocycles. The Morgan fingerprint density at radius 1 is 1.33 bits per heavy atom. The first-order valence-corrected chi connectivity index (χ1v) is 4.25. The van der Waals surface area contributed by atoms with Crippen molar-refractivity contribution in [2.75, 3.05) is 5.73 Å². The van der Waals surface area contributed by atoms with Gasteiger partial charge in [-0.05, 0) is 36.5 Å². The van der Waals surface area contributed by atoms with Crippen molar-refractivity contribution in [3.05, 3.63) is 29.8 Å². The molecule has 1 aromatic rings. The highest BCUT2D eigenvalue weighted by Crippen LogP contribution is 2.38. The van der Waals surface area contributed by atoms with Crippen LogP contribution in [0.2, 0.25) is 0 Å². The molecule has 1 aromatic carbocycles. The predicted octanol–water partition coefficient (Wildman–Crippen LogP) is 2.48. The maximum Gasteiger partial charge on any atom is 0.101 e.